The second-order valence-corrected chi connectivity index (χ2v) is 11.1. The Kier molecular flexibility index (Phi) is 5.74. The molecule has 45 heavy (non-hydrogen) atoms. The van der Waals surface area contributed by atoms with Crippen molar-refractivity contribution in [1.82, 2.24) is 14.5 Å². The van der Waals surface area contributed by atoms with Gasteiger partial charge in [0.2, 0.25) is 0 Å². The van der Waals surface area contributed by atoms with Crippen molar-refractivity contribution in [2.45, 2.75) is 0 Å². The number of aromatic nitrogens is 3. The number of nitrogens with zero attached hydrogens (tertiary/aromatic N) is 4. The van der Waals surface area contributed by atoms with E-state index in [2.05, 4.69) is 107 Å². The standard InChI is InChI=1S/C40H26N4O/c1-2-13-27(14-3-1)43(37-24-11-20-33(41-37)32-19-10-18-31-30-17-6-9-23-36(30)45-40(31)32)38-25-12-26-39(42-38)44-34-21-7-4-15-28(34)29-16-5-8-22-35(29)44/h1-26H. The van der Waals surface area contributed by atoms with Crippen LogP contribution in [0.15, 0.2) is 162 Å². The van der Waals surface area contributed by atoms with Crippen LogP contribution in [0.5, 0.6) is 0 Å². The van der Waals surface area contributed by atoms with E-state index in [9.17, 15) is 0 Å². The van der Waals surface area contributed by atoms with Crippen molar-refractivity contribution in [1.29, 1.82) is 0 Å². The Morgan fingerprint density at radius 2 is 1.07 bits per heavy atom. The molecule has 212 valence electrons. The minimum atomic E-state index is 0.763. The third-order valence-corrected chi connectivity index (χ3v) is 8.42. The SMILES string of the molecule is c1ccc(N(c2cccc(-c3cccc4c3oc3ccccc34)n2)c2cccc(-n3c4ccccc4c4ccccc43)n2)cc1. The largest absolute Gasteiger partial charge is 0.455 e. The first-order chi connectivity index (χ1) is 22.3. The van der Waals surface area contributed by atoms with Gasteiger partial charge in [0, 0.05) is 32.8 Å². The molecule has 5 aromatic carbocycles. The van der Waals surface area contributed by atoms with E-state index in [-0.39, 0.29) is 0 Å². The highest BCUT2D eigenvalue weighted by Crippen LogP contribution is 2.38. The van der Waals surface area contributed by atoms with E-state index < -0.39 is 0 Å². The van der Waals surface area contributed by atoms with Crippen LogP contribution in [0.2, 0.25) is 0 Å². The summed E-state index contributed by atoms with van der Waals surface area (Å²) in [5, 5.41) is 4.59. The maximum Gasteiger partial charge on any atom is 0.144 e. The Morgan fingerprint density at radius 3 is 1.84 bits per heavy atom. The first kappa shape index (κ1) is 25.3. The summed E-state index contributed by atoms with van der Waals surface area (Å²) >= 11 is 0. The predicted molar refractivity (Wildman–Crippen MR) is 184 cm³/mol. The lowest BCUT2D eigenvalue weighted by atomic mass is 10.1. The number of fused-ring (bicyclic) bond motifs is 6. The van der Waals surface area contributed by atoms with Crippen molar-refractivity contribution in [3.05, 3.63) is 158 Å². The Bertz CT molecular complexity index is 2460. The van der Waals surface area contributed by atoms with Crippen molar-refractivity contribution in [3.8, 4) is 17.1 Å². The van der Waals surface area contributed by atoms with Gasteiger partial charge in [-0.2, -0.15) is 0 Å². The van der Waals surface area contributed by atoms with Gasteiger partial charge in [0.05, 0.1) is 16.7 Å². The molecule has 5 heteroatoms. The van der Waals surface area contributed by atoms with Gasteiger partial charge in [0.25, 0.3) is 0 Å². The van der Waals surface area contributed by atoms with Crippen LogP contribution in [0.25, 0.3) is 60.8 Å². The average molecular weight is 579 g/mol. The number of benzene rings is 5. The molecule has 0 radical (unpaired) electrons. The van der Waals surface area contributed by atoms with Crippen molar-refractivity contribution in [2.75, 3.05) is 4.90 Å². The van der Waals surface area contributed by atoms with Gasteiger partial charge in [-0.15, -0.1) is 0 Å². The molecule has 0 atom stereocenters. The van der Waals surface area contributed by atoms with E-state index in [4.69, 9.17) is 14.4 Å². The third kappa shape index (κ3) is 4.09. The van der Waals surface area contributed by atoms with Gasteiger partial charge in [0.1, 0.15) is 28.6 Å². The Hall–Kier alpha value is -6.20. The molecular formula is C40H26N4O. The number of rotatable bonds is 5. The van der Waals surface area contributed by atoms with E-state index in [1.165, 1.54) is 10.8 Å². The maximum absolute atomic E-state index is 6.37. The summed E-state index contributed by atoms with van der Waals surface area (Å²) in [6.45, 7) is 0. The summed E-state index contributed by atoms with van der Waals surface area (Å²) < 4.78 is 8.61. The van der Waals surface area contributed by atoms with Crippen molar-refractivity contribution < 1.29 is 4.42 Å². The number of hydrogen-bond donors (Lipinski definition) is 0. The second kappa shape index (κ2) is 10.2. The summed E-state index contributed by atoms with van der Waals surface area (Å²) in [7, 11) is 0. The zero-order valence-electron chi connectivity index (χ0n) is 24.2. The number of anilines is 3. The highest BCUT2D eigenvalue weighted by Gasteiger charge is 2.19. The molecule has 4 aromatic heterocycles. The van der Waals surface area contributed by atoms with Crippen LogP contribution in [0, 0.1) is 0 Å². The summed E-state index contributed by atoms with van der Waals surface area (Å²) in [6, 6.07) is 54.0. The molecule has 5 nitrogen and oxygen atoms in total. The van der Waals surface area contributed by atoms with Gasteiger partial charge in [-0.1, -0.05) is 97.1 Å². The average Bonchev–Trinajstić information content (AvgIpc) is 3.65. The monoisotopic (exact) mass is 578 g/mol. The van der Waals surface area contributed by atoms with Gasteiger partial charge < -0.3 is 4.42 Å². The lowest BCUT2D eigenvalue weighted by Gasteiger charge is -2.24. The quantitative estimate of drug-likeness (QED) is 0.204. The first-order valence-corrected chi connectivity index (χ1v) is 15.0. The smallest absolute Gasteiger partial charge is 0.144 e. The number of pyridine rings is 2. The highest BCUT2D eigenvalue weighted by molar-refractivity contribution is 6.10. The molecule has 0 unspecified atom stereocenters. The molecule has 0 spiro atoms. The van der Waals surface area contributed by atoms with E-state index in [0.29, 0.717) is 0 Å². The molecule has 0 aliphatic carbocycles. The molecule has 4 heterocycles. The zero-order valence-corrected chi connectivity index (χ0v) is 24.2. The minimum Gasteiger partial charge on any atom is -0.455 e. The van der Waals surface area contributed by atoms with Crippen LogP contribution in [0.3, 0.4) is 0 Å². The van der Waals surface area contributed by atoms with E-state index >= 15 is 0 Å². The minimum absolute atomic E-state index is 0.763. The molecular weight excluding hydrogens is 552 g/mol. The van der Waals surface area contributed by atoms with Gasteiger partial charge in [-0.05, 0) is 60.7 Å². The molecule has 0 saturated carbocycles. The molecule has 0 fully saturated rings. The molecule has 0 amide bonds. The van der Waals surface area contributed by atoms with Gasteiger partial charge >= 0.3 is 0 Å². The summed E-state index contributed by atoms with van der Waals surface area (Å²) in [4.78, 5) is 12.6. The number of furan rings is 1. The van der Waals surface area contributed by atoms with Crippen LogP contribution in [0.4, 0.5) is 17.3 Å². The number of para-hydroxylation sites is 5. The van der Waals surface area contributed by atoms with Crippen molar-refractivity contribution in [3.63, 3.8) is 0 Å². The molecule has 0 N–H and O–H groups in total. The molecule has 0 aliphatic heterocycles. The molecule has 9 rings (SSSR count). The maximum atomic E-state index is 6.37. The summed E-state index contributed by atoms with van der Waals surface area (Å²) in [5.74, 6) is 2.37. The van der Waals surface area contributed by atoms with Crippen molar-refractivity contribution >= 4 is 61.1 Å². The van der Waals surface area contributed by atoms with E-state index in [0.717, 1.165) is 67.4 Å². The summed E-state index contributed by atoms with van der Waals surface area (Å²) in [6.07, 6.45) is 0. The lowest BCUT2D eigenvalue weighted by Crippen LogP contribution is -2.14. The topological polar surface area (TPSA) is 47.1 Å². The first-order valence-electron chi connectivity index (χ1n) is 15.0. The Balaban J connectivity index is 1.22. The predicted octanol–water partition coefficient (Wildman–Crippen LogP) is 10.6. The fourth-order valence-electron chi connectivity index (χ4n) is 6.44. The van der Waals surface area contributed by atoms with Crippen LogP contribution in [-0.2, 0) is 0 Å². The number of hydrogen-bond acceptors (Lipinski definition) is 4. The van der Waals surface area contributed by atoms with E-state index in [1.54, 1.807) is 0 Å². The second-order valence-electron chi connectivity index (χ2n) is 11.1. The lowest BCUT2D eigenvalue weighted by molar-refractivity contribution is 0.670. The van der Waals surface area contributed by atoms with Crippen LogP contribution < -0.4 is 4.90 Å². The summed E-state index contributed by atoms with van der Waals surface area (Å²) in [5.41, 5.74) is 6.69. The zero-order chi connectivity index (χ0) is 29.7. The van der Waals surface area contributed by atoms with Crippen molar-refractivity contribution in [2.24, 2.45) is 0 Å². The Labute approximate surface area is 259 Å². The highest BCUT2D eigenvalue weighted by atomic mass is 16.3. The fourth-order valence-corrected chi connectivity index (χ4v) is 6.44. The van der Waals surface area contributed by atoms with Crippen LogP contribution in [0.1, 0.15) is 0 Å². The molecule has 0 bridgehead atoms. The van der Waals surface area contributed by atoms with E-state index in [1.807, 2.05) is 60.7 Å². The van der Waals surface area contributed by atoms with Gasteiger partial charge in [0.15, 0.2) is 0 Å². The van der Waals surface area contributed by atoms with Gasteiger partial charge in [-0.25, -0.2) is 9.97 Å². The molecule has 0 saturated heterocycles. The van der Waals surface area contributed by atoms with Gasteiger partial charge in [-0.3, -0.25) is 9.47 Å². The Morgan fingerprint density at radius 1 is 0.467 bits per heavy atom. The van der Waals surface area contributed by atoms with Crippen LogP contribution in [-0.4, -0.2) is 14.5 Å². The fraction of sp³-hybridized carbons (Fsp3) is 0. The molecule has 9 aromatic rings. The van der Waals surface area contributed by atoms with Crippen LogP contribution >= 0.6 is 0 Å². The molecule has 0 aliphatic rings. The third-order valence-electron chi connectivity index (χ3n) is 8.42. The normalized spacial score (nSPS) is 11.6.